The van der Waals surface area contributed by atoms with Crippen molar-refractivity contribution in [1.29, 1.82) is 0 Å². The van der Waals surface area contributed by atoms with Crippen LogP contribution in [0.15, 0.2) is 0 Å². The Morgan fingerprint density at radius 3 is 2.62 bits per heavy atom. The Kier molecular flexibility index (Phi) is 1.81. The van der Waals surface area contributed by atoms with Crippen LogP contribution in [-0.2, 0) is 0 Å². The monoisotopic (exact) mass is 119 g/mol. The number of nitrogens with one attached hydrogen (secondary N) is 1. The number of hydrogen-bond acceptors (Lipinski definition) is 2. The van der Waals surface area contributed by atoms with Crippen LogP contribution in [0.4, 0.5) is 4.39 Å². The zero-order chi connectivity index (χ0) is 5.98. The molecule has 0 unspecified atom stereocenters. The van der Waals surface area contributed by atoms with Crippen molar-refractivity contribution in [2.24, 2.45) is 5.92 Å². The Labute approximate surface area is 47.7 Å². The Bertz CT molecular complexity index is 78.8. The van der Waals surface area contributed by atoms with Crippen LogP contribution in [0.25, 0.3) is 0 Å². The molecule has 0 radical (unpaired) electrons. The van der Waals surface area contributed by atoms with E-state index < -0.39 is 6.17 Å². The van der Waals surface area contributed by atoms with Gasteiger partial charge in [0.15, 0.2) is 0 Å². The van der Waals surface area contributed by atoms with Gasteiger partial charge in [0.25, 0.3) is 0 Å². The predicted octanol–water partition coefficient (Wildman–Crippen LogP) is -0.464. The van der Waals surface area contributed by atoms with Crippen molar-refractivity contribution in [3.63, 3.8) is 0 Å². The minimum Gasteiger partial charge on any atom is -0.396 e. The largest absolute Gasteiger partial charge is 0.396 e. The maximum Gasteiger partial charge on any atom is 0.119 e. The zero-order valence-corrected chi connectivity index (χ0v) is 4.60. The average molecular weight is 119 g/mol. The predicted molar refractivity (Wildman–Crippen MR) is 28.3 cm³/mol. The third-order valence-electron chi connectivity index (χ3n) is 1.49. The summed E-state index contributed by atoms with van der Waals surface area (Å²) in [5, 5.41) is 11.3. The van der Waals surface area contributed by atoms with Crippen molar-refractivity contribution < 1.29 is 9.50 Å². The molecule has 0 aromatic carbocycles. The Morgan fingerprint density at radius 2 is 2.38 bits per heavy atom. The second kappa shape index (κ2) is 2.42. The molecule has 2 N–H and O–H groups in total. The number of alkyl halides is 1. The maximum atomic E-state index is 12.4. The molecule has 1 aliphatic rings. The summed E-state index contributed by atoms with van der Waals surface area (Å²) in [7, 11) is 0. The number of halogens is 1. The highest BCUT2D eigenvalue weighted by Gasteiger charge is 2.25. The highest BCUT2D eigenvalue weighted by atomic mass is 19.1. The summed E-state index contributed by atoms with van der Waals surface area (Å²) >= 11 is 0. The van der Waals surface area contributed by atoms with Gasteiger partial charge in [-0.2, -0.15) is 0 Å². The first-order valence-electron chi connectivity index (χ1n) is 2.80. The van der Waals surface area contributed by atoms with Gasteiger partial charge >= 0.3 is 0 Å². The highest BCUT2D eigenvalue weighted by Crippen LogP contribution is 2.10. The lowest BCUT2D eigenvalue weighted by Crippen LogP contribution is -2.16. The summed E-state index contributed by atoms with van der Waals surface area (Å²) in [5.41, 5.74) is 0. The molecule has 0 saturated carbocycles. The molecule has 1 fully saturated rings. The fourth-order valence-electron chi connectivity index (χ4n) is 0.880. The van der Waals surface area contributed by atoms with E-state index in [1.807, 2.05) is 0 Å². The molecule has 1 saturated heterocycles. The summed E-state index contributed by atoms with van der Waals surface area (Å²) in [6.07, 6.45) is -0.833. The summed E-state index contributed by atoms with van der Waals surface area (Å²) < 4.78 is 12.4. The standard InChI is InChI=1S/C5H10FNO/c6-5-2-7-1-4(5)3-8/h4-5,7-8H,1-3H2/t4-,5-/m1/s1. The second-order valence-corrected chi connectivity index (χ2v) is 2.12. The van der Waals surface area contributed by atoms with Crippen LogP contribution in [-0.4, -0.2) is 31.0 Å². The fourth-order valence-corrected chi connectivity index (χ4v) is 0.880. The first-order chi connectivity index (χ1) is 3.84. The second-order valence-electron chi connectivity index (χ2n) is 2.12. The highest BCUT2D eigenvalue weighted by molar-refractivity contribution is 4.79. The van der Waals surface area contributed by atoms with E-state index in [0.717, 1.165) is 0 Å². The molecule has 1 rings (SSSR count). The van der Waals surface area contributed by atoms with Crippen LogP contribution < -0.4 is 5.32 Å². The van der Waals surface area contributed by atoms with Gasteiger partial charge in [0.05, 0.1) is 0 Å². The number of aliphatic hydroxyl groups excluding tert-OH is 1. The molecule has 8 heavy (non-hydrogen) atoms. The van der Waals surface area contributed by atoms with Gasteiger partial charge in [-0.25, -0.2) is 4.39 Å². The van der Waals surface area contributed by atoms with E-state index >= 15 is 0 Å². The number of aliphatic hydroxyl groups is 1. The molecule has 48 valence electrons. The molecule has 2 nitrogen and oxygen atoms in total. The molecule has 1 heterocycles. The summed E-state index contributed by atoms with van der Waals surface area (Å²) in [6, 6.07) is 0. The Balaban J connectivity index is 2.30. The van der Waals surface area contributed by atoms with Gasteiger partial charge in [0, 0.05) is 25.6 Å². The summed E-state index contributed by atoms with van der Waals surface area (Å²) in [5.74, 6) is -0.157. The van der Waals surface area contributed by atoms with Crippen molar-refractivity contribution in [3.8, 4) is 0 Å². The number of hydrogen-bond donors (Lipinski definition) is 2. The Morgan fingerprint density at radius 1 is 1.62 bits per heavy atom. The summed E-state index contributed by atoms with van der Waals surface area (Å²) in [6.45, 7) is 0.997. The van der Waals surface area contributed by atoms with Crippen LogP contribution in [0.3, 0.4) is 0 Å². The molecule has 0 aliphatic carbocycles. The molecule has 1 aliphatic heterocycles. The topological polar surface area (TPSA) is 32.3 Å². The molecule has 0 amide bonds. The normalized spacial score (nSPS) is 38.2. The van der Waals surface area contributed by atoms with Crippen LogP contribution in [0, 0.1) is 5.92 Å². The quantitative estimate of drug-likeness (QED) is 0.489. The molecule has 3 heteroatoms. The number of rotatable bonds is 1. The lowest BCUT2D eigenvalue weighted by molar-refractivity contribution is 0.175. The molecule has 0 aromatic heterocycles. The first kappa shape index (κ1) is 5.98. The van der Waals surface area contributed by atoms with E-state index in [2.05, 4.69) is 5.32 Å². The third-order valence-corrected chi connectivity index (χ3v) is 1.49. The lowest BCUT2D eigenvalue weighted by atomic mass is 10.1. The SMILES string of the molecule is OC[C@H]1CNC[C@H]1F. The van der Waals surface area contributed by atoms with E-state index in [9.17, 15) is 4.39 Å². The maximum absolute atomic E-state index is 12.4. The van der Waals surface area contributed by atoms with Crippen molar-refractivity contribution in [1.82, 2.24) is 5.32 Å². The van der Waals surface area contributed by atoms with Gasteiger partial charge in [-0.3, -0.25) is 0 Å². The van der Waals surface area contributed by atoms with Crippen molar-refractivity contribution >= 4 is 0 Å². The molecule has 0 aromatic rings. The zero-order valence-electron chi connectivity index (χ0n) is 4.60. The van der Waals surface area contributed by atoms with Crippen LogP contribution in [0.1, 0.15) is 0 Å². The van der Waals surface area contributed by atoms with Crippen molar-refractivity contribution in [2.45, 2.75) is 6.17 Å². The van der Waals surface area contributed by atoms with Gasteiger partial charge in [0.1, 0.15) is 6.17 Å². The minimum atomic E-state index is -0.833. The van der Waals surface area contributed by atoms with Crippen LogP contribution in [0.5, 0.6) is 0 Å². The Hall–Kier alpha value is -0.150. The van der Waals surface area contributed by atoms with Gasteiger partial charge < -0.3 is 10.4 Å². The van der Waals surface area contributed by atoms with E-state index in [1.165, 1.54) is 0 Å². The van der Waals surface area contributed by atoms with Crippen molar-refractivity contribution in [3.05, 3.63) is 0 Å². The van der Waals surface area contributed by atoms with E-state index in [0.29, 0.717) is 13.1 Å². The van der Waals surface area contributed by atoms with Crippen LogP contribution >= 0.6 is 0 Å². The molecule has 0 bridgehead atoms. The van der Waals surface area contributed by atoms with Gasteiger partial charge in [-0.1, -0.05) is 0 Å². The minimum absolute atomic E-state index is 0.0336. The molecular formula is C5H10FNO. The smallest absolute Gasteiger partial charge is 0.119 e. The average Bonchev–Trinajstić information content (AvgIpc) is 2.14. The molecular weight excluding hydrogens is 109 g/mol. The van der Waals surface area contributed by atoms with E-state index in [1.54, 1.807) is 0 Å². The third kappa shape index (κ3) is 0.980. The lowest BCUT2D eigenvalue weighted by Gasteiger charge is -2.04. The fraction of sp³-hybridized carbons (Fsp3) is 1.00. The van der Waals surface area contributed by atoms with Crippen molar-refractivity contribution in [2.75, 3.05) is 19.7 Å². The van der Waals surface area contributed by atoms with Crippen LogP contribution in [0.2, 0.25) is 0 Å². The van der Waals surface area contributed by atoms with Gasteiger partial charge in [0.2, 0.25) is 0 Å². The molecule has 2 atom stereocenters. The van der Waals surface area contributed by atoms with Gasteiger partial charge in [-0.05, 0) is 0 Å². The first-order valence-corrected chi connectivity index (χ1v) is 2.80. The summed E-state index contributed by atoms with van der Waals surface area (Å²) in [4.78, 5) is 0. The van der Waals surface area contributed by atoms with Gasteiger partial charge in [-0.15, -0.1) is 0 Å². The molecule has 0 spiro atoms. The van der Waals surface area contributed by atoms with E-state index in [-0.39, 0.29) is 12.5 Å². The van der Waals surface area contributed by atoms with E-state index in [4.69, 9.17) is 5.11 Å².